The van der Waals surface area contributed by atoms with E-state index in [0.29, 0.717) is 16.6 Å². The number of aryl methyl sites for hydroxylation is 1. The molecule has 0 radical (unpaired) electrons. The average molecular weight is 323 g/mol. The molecule has 2 N–H and O–H groups in total. The highest BCUT2D eigenvalue weighted by molar-refractivity contribution is 6.42. The zero-order chi connectivity index (χ0) is 15.2. The lowest BCUT2D eigenvalue weighted by atomic mass is 10.1. The van der Waals surface area contributed by atoms with Gasteiger partial charge in [0.1, 0.15) is 0 Å². The van der Waals surface area contributed by atoms with Crippen molar-refractivity contribution in [3.8, 4) is 0 Å². The molecule has 110 valence electrons. The Balaban J connectivity index is 1.79. The van der Waals surface area contributed by atoms with Crippen molar-refractivity contribution in [2.24, 2.45) is 0 Å². The van der Waals surface area contributed by atoms with Crippen molar-refractivity contribution in [1.29, 1.82) is 0 Å². The number of hydrogen-bond donors (Lipinski definition) is 2. The van der Waals surface area contributed by atoms with Crippen molar-refractivity contribution in [3.63, 3.8) is 0 Å². The molecule has 0 aliphatic rings. The Morgan fingerprint density at radius 2 is 1.76 bits per heavy atom. The fourth-order valence-electron chi connectivity index (χ4n) is 1.76. The van der Waals surface area contributed by atoms with Crippen LogP contribution in [0.3, 0.4) is 0 Å². The van der Waals surface area contributed by atoms with Gasteiger partial charge in [0.25, 0.3) is 0 Å². The van der Waals surface area contributed by atoms with Crippen molar-refractivity contribution in [3.05, 3.63) is 63.6 Å². The monoisotopic (exact) mass is 322 g/mol. The summed E-state index contributed by atoms with van der Waals surface area (Å²) in [5, 5.41) is 6.81. The number of hydrogen-bond acceptors (Lipinski definition) is 2. The molecule has 0 atom stereocenters. The molecular weight excluding hydrogens is 307 g/mol. The van der Waals surface area contributed by atoms with Gasteiger partial charge in [-0.25, -0.2) is 0 Å². The highest BCUT2D eigenvalue weighted by Crippen LogP contribution is 2.24. The Bertz CT molecular complexity index is 627. The normalized spacial score (nSPS) is 10.2. The van der Waals surface area contributed by atoms with Crippen LogP contribution in [0.2, 0.25) is 10.0 Å². The number of benzene rings is 2. The molecule has 1 amide bonds. The molecule has 0 saturated heterocycles. The first kappa shape index (κ1) is 15.7. The largest absolute Gasteiger partial charge is 0.376 e. The van der Waals surface area contributed by atoms with Gasteiger partial charge < -0.3 is 10.6 Å². The number of nitrogens with one attached hydrogen (secondary N) is 2. The molecule has 0 aromatic heterocycles. The second-order valence-corrected chi connectivity index (χ2v) is 5.56. The molecule has 2 rings (SSSR count). The van der Waals surface area contributed by atoms with Crippen LogP contribution in [-0.2, 0) is 11.3 Å². The highest BCUT2D eigenvalue weighted by Gasteiger charge is 2.03. The van der Waals surface area contributed by atoms with Gasteiger partial charge in [-0.05, 0) is 30.7 Å². The van der Waals surface area contributed by atoms with Gasteiger partial charge in [0.2, 0.25) is 5.91 Å². The van der Waals surface area contributed by atoms with Gasteiger partial charge >= 0.3 is 0 Å². The summed E-state index contributed by atoms with van der Waals surface area (Å²) < 4.78 is 0. The topological polar surface area (TPSA) is 41.1 Å². The van der Waals surface area contributed by atoms with E-state index in [-0.39, 0.29) is 12.5 Å². The van der Waals surface area contributed by atoms with Crippen LogP contribution in [0.25, 0.3) is 0 Å². The molecule has 21 heavy (non-hydrogen) atoms. The summed E-state index contributed by atoms with van der Waals surface area (Å²) in [6.07, 6.45) is 0. The SMILES string of the molecule is Cc1ccc(CNC(=O)CNc2ccc(Cl)c(Cl)c2)cc1. The van der Waals surface area contributed by atoms with Crippen LogP contribution in [0.5, 0.6) is 0 Å². The van der Waals surface area contributed by atoms with Gasteiger partial charge in [-0.3, -0.25) is 4.79 Å². The molecule has 2 aromatic carbocycles. The standard InChI is InChI=1S/C16H16Cl2N2O/c1-11-2-4-12(5-3-11)9-20-16(21)10-19-13-6-7-14(17)15(18)8-13/h2-8,19H,9-10H2,1H3,(H,20,21). The van der Waals surface area contributed by atoms with Crippen LogP contribution in [-0.4, -0.2) is 12.5 Å². The van der Waals surface area contributed by atoms with Gasteiger partial charge in [-0.2, -0.15) is 0 Å². The predicted octanol–water partition coefficient (Wildman–Crippen LogP) is 4.03. The summed E-state index contributed by atoms with van der Waals surface area (Å²) in [7, 11) is 0. The minimum atomic E-state index is -0.0818. The van der Waals surface area contributed by atoms with Gasteiger partial charge in [-0.15, -0.1) is 0 Å². The first-order valence-electron chi connectivity index (χ1n) is 6.56. The molecule has 0 bridgehead atoms. The van der Waals surface area contributed by atoms with Crippen LogP contribution in [0.4, 0.5) is 5.69 Å². The van der Waals surface area contributed by atoms with Gasteiger partial charge in [0.15, 0.2) is 0 Å². The molecule has 0 fully saturated rings. The third-order valence-corrected chi connectivity index (χ3v) is 3.72. The summed E-state index contributed by atoms with van der Waals surface area (Å²) in [6, 6.07) is 13.2. The summed E-state index contributed by atoms with van der Waals surface area (Å²) in [5.41, 5.74) is 3.03. The Morgan fingerprint density at radius 1 is 1.05 bits per heavy atom. The zero-order valence-corrected chi connectivity index (χ0v) is 13.1. The third kappa shape index (κ3) is 4.96. The summed E-state index contributed by atoms with van der Waals surface area (Å²) in [6.45, 7) is 2.73. The summed E-state index contributed by atoms with van der Waals surface area (Å²) in [5.74, 6) is -0.0818. The van der Waals surface area contributed by atoms with Crippen LogP contribution in [0.1, 0.15) is 11.1 Å². The molecule has 0 unspecified atom stereocenters. The lowest BCUT2D eigenvalue weighted by Crippen LogP contribution is -2.29. The maximum Gasteiger partial charge on any atom is 0.239 e. The van der Waals surface area contributed by atoms with Crippen LogP contribution >= 0.6 is 23.2 Å². The quantitative estimate of drug-likeness (QED) is 0.872. The number of halogens is 2. The van der Waals surface area contributed by atoms with Gasteiger partial charge in [0.05, 0.1) is 16.6 Å². The van der Waals surface area contributed by atoms with Crippen LogP contribution in [0, 0.1) is 6.92 Å². The molecule has 0 heterocycles. The first-order valence-corrected chi connectivity index (χ1v) is 7.31. The lowest BCUT2D eigenvalue weighted by Gasteiger charge is -2.09. The minimum absolute atomic E-state index is 0.0818. The maximum absolute atomic E-state index is 11.8. The Morgan fingerprint density at radius 3 is 2.43 bits per heavy atom. The summed E-state index contributed by atoms with van der Waals surface area (Å²) >= 11 is 11.7. The third-order valence-electron chi connectivity index (χ3n) is 2.98. The van der Waals surface area contributed by atoms with Crippen LogP contribution < -0.4 is 10.6 Å². The van der Waals surface area contributed by atoms with Crippen LogP contribution in [0.15, 0.2) is 42.5 Å². The fraction of sp³-hybridized carbons (Fsp3) is 0.188. The lowest BCUT2D eigenvalue weighted by molar-refractivity contribution is -0.119. The van der Waals surface area contributed by atoms with Crippen molar-refractivity contribution in [2.75, 3.05) is 11.9 Å². The number of rotatable bonds is 5. The Kier molecular flexibility index (Phi) is 5.48. The Hall–Kier alpha value is -1.71. The molecule has 5 heteroatoms. The smallest absolute Gasteiger partial charge is 0.239 e. The fourth-order valence-corrected chi connectivity index (χ4v) is 2.06. The molecule has 0 spiro atoms. The molecule has 2 aromatic rings. The molecule has 0 saturated carbocycles. The number of amides is 1. The van der Waals surface area contributed by atoms with Crippen molar-refractivity contribution in [1.82, 2.24) is 5.32 Å². The number of carbonyl (C=O) groups excluding carboxylic acids is 1. The highest BCUT2D eigenvalue weighted by atomic mass is 35.5. The van der Waals surface area contributed by atoms with E-state index in [2.05, 4.69) is 10.6 Å². The Labute approximate surface area is 134 Å². The van der Waals surface area contributed by atoms with E-state index in [1.54, 1.807) is 18.2 Å². The van der Waals surface area contributed by atoms with Crippen molar-refractivity contribution in [2.45, 2.75) is 13.5 Å². The number of anilines is 1. The van der Waals surface area contributed by atoms with E-state index in [0.717, 1.165) is 11.3 Å². The molecule has 0 aliphatic carbocycles. The van der Waals surface area contributed by atoms with Gasteiger partial charge in [0, 0.05) is 12.2 Å². The van der Waals surface area contributed by atoms with E-state index < -0.39 is 0 Å². The van der Waals surface area contributed by atoms with E-state index in [9.17, 15) is 4.79 Å². The molecule has 3 nitrogen and oxygen atoms in total. The zero-order valence-electron chi connectivity index (χ0n) is 11.6. The number of carbonyl (C=O) groups is 1. The van der Waals surface area contributed by atoms with Gasteiger partial charge in [-0.1, -0.05) is 53.0 Å². The van der Waals surface area contributed by atoms with E-state index in [4.69, 9.17) is 23.2 Å². The van der Waals surface area contributed by atoms with E-state index >= 15 is 0 Å². The predicted molar refractivity (Wildman–Crippen MR) is 88.0 cm³/mol. The van der Waals surface area contributed by atoms with Crippen molar-refractivity contribution >= 4 is 34.8 Å². The summed E-state index contributed by atoms with van der Waals surface area (Å²) in [4.78, 5) is 11.8. The molecule has 0 aliphatic heterocycles. The first-order chi connectivity index (χ1) is 10.0. The molecular formula is C16H16Cl2N2O. The van der Waals surface area contributed by atoms with E-state index in [1.165, 1.54) is 5.56 Å². The maximum atomic E-state index is 11.8. The minimum Gasteiger partial charge on any atom is -0.376 e. The second kappa shape index (κ2) is 7.34. The van der Waals surface area contributed by atoms with E-state index in [1.807, 2.05) is 31.2 Å². The van der Waals surface area contributed by atoms with Crippen molar-refractivity contribution < 1.29 is 4.79 Å². The average Bonchev–Trinajstić information content (AvgIpc) is 2.48. The second-order valence-electron chi connectivity index (χ2n) is 4.74.